The standard InChI is InChI=1S/C28H32N2O5/c1-18(2)11-12-25(26(31)30-15-13-19(14-16-30)27(32)33)29-28(34)35-17-24-22-9-5-3-7-20(22)21-8-4-6-10-23(21)24/h3-10,13,18,24-25H,11-12,14-17H2,1-2H3,(H,29,34)(H,32,33). The van der Waals surface area contributed by atoms with Crippen molar-refractivity contribution in [2.75, 3.05) is 19.7 Å². The number of fused-ring (bicyclic) bond motifs is 3. The predicted octanol–water partition coefficient (Wildman–Crippen LogP) is 4.57. The number of carbonyl (C=O) groups excluding carboxylic acids is 2. The minimum Gasteiger partial charge on any atom is -0.478 e. The lowest BCUT2D eigenvalue weighted by Gasteiger charge is -2.30. The van der Waals surface area contributed by atoms with Gasteiger partial charge in [0.25, 0.3) is 0 Å². The lowest BCUT2D eigenvalue weighted by atomic mass is 9.98. The van der Waals surface area contributed by atoms with Crippen LogP contribution >= 0.6 is 0 Å². The molecule has 4 rings (SSSR count). The van der Waals surface area contributed by atoms with E-state index >= 15 is 0 Å². The van der Waals surface area contributed by atoms with Gasteiger partial charge in [0.15, 0.2) is 0 Å². The maximum Gasteiger partial charge on any atom is 0.407 e. The summed E-state index contributed by atoms with van der Waals surface area (Å²) in [5.74, 6) is -0.848. The van der Waals surface area contributed by atoms with E-state index in [-0.39, 0.29) is 25.0 Å². The van der Waals surface area contributed by atoms with Crippen LogP contribution in [0.1, 0.15) is 50.2 Å². The van der Waals surface area contributed by atoms with Crippen LogP contribution in [-0.4, -0.2) is 53.7 Å². The SMILES string of the molecule is CC(C)CCC(NC(=O)OCC1c2ccccc2-c2ccccc21)C(=O)N1CC=C(C(=O)O)CC1. The highest BCUT2D eigenvalue weighted by Crippen LogP contribution is 2.44. The number of rotatable bonds is 8. The Bertz CT molecular complexity index is 1090. The van der Waals surface area contributed by atoms with Gasteiger partial charge in [0.1, 0.15) is 12.6 Å². The van der Waals surface area contributed by atoms with Gasteiger partial charge in [-0.1, -0.05) is 68.5 Å². The largest absolute Gasteiger partial charge is 0.478 e. The van der Waals surface area contributed by atoms with Crippen LogP contribution in [0, 0.1) is 5.92 Å². The molecule has 0 fully saturated rings. The molecule has 7 heteroatoms. The molecule has 2 N–H and O–H groups in total. The number of nitrogens with one attached hydrogen (secondary N) is 1. The summed E-state index contributed by atoms with van der Waals surface area (Å²) < 4.78 is 5.65. The number of benzene rings is 2. The normalized spacial score (nSPS) is 15.7. The fourth-order valence-corrected chi connectivity index (χ4v) is 4.82. The van der Waals surface area contributed by atoms with Gasteiger partial charge in [-0.15, -0.1) is 0 Å². The second-order valence-corrected chi connectivity index (χ2v) is 9.56. The van der Waals surface area contributed by atoms with Crippen LogP contribution in [0.3, 0.4) is 0 Å². The molecule has 2 amide bonds. The first kappa shape index (κ1) is 24.5. The van der Waals surface area contributed by atoms with Crippen LogP contribution in [0.2, 0.25) is 0 Å². The van der Waals surface area contributed by atoms with Gasteiger partial charge in [0, 0.05) is 24.6 Å². The molecular weight excluding hydrogens is 444 g/mol. The molecule has 0 saturated carbocycles. The molecule has 2 aromatic rings. The third-order valence-electron chi connectivity index (χ3n) is 6.76. The third-order valence-corrected chi connectivity index (χ3v) is 6.76. The zero-order valence-electron chi connectivity index (χ0n) is 20.2. The van der Waals surface area contributed by atoms with E-state index in [0.717, 1.165) is 28.7 Å². The summed E-state index contributed by atoms with van der Waals surface area (Å²) in [6.45, 7) is 4.86. The fraction of sp³-hybridized carbons (Fsp3) is 0.393. The number of aliphatic carboxylic acids is 1. The molecule has 0 radical (unpaired) electrons. The summed E-state index contributed by atoms with van der Waals surface area (Å²) in [5.41, 5.74) is 4.88. The minimum absolute atomic E-state index is 0.0559. The topological polar surface area (TPSA) is 95.9 Å². The first-order valence-electron chi connectivity index (χ1n) is 12.2. The van der Waals surface area contributed by atoms with Crippen molar-refractivity contribution in [1.29, 1.82) is 0 Å². The lowest BCUT2D eigenvalue weighted by Crippen LogP contribution is -2.50. The van der Waals surface area contributed by atoms with Crippen LogP contribution in [0.15, 0.2) is 60.2 Å². The van der Waals surface area contributed by atoms with Crippen molar-refractivity contribution < 1.29 is 24.2 Å². The Morgan fingerprint density at radius 1 is 1.03 bits per heavy atom. The van der Waals surface area contributed by atoms with Crippen LogP contribution < -0.4 is 5.32 Å². The summed E-state index contributed by atoms with van der Waals surface area (Å²) in [6, 6.07) is 15.6. The lowest BCUT2D eigenvalue weighted by molar-refractivity contribution is -0.136. The Kier molecular flexibility index (Phi) is 7.54. The average Bonchev–Trinajstić information content (AvgIpc) is 3.18. The Balaban J connectivity index is 1.41. The van der Waals surface area contributed by atoms with Gasteiger partial charge in [-0.05, 0) is 47.4 Å². The van der Waals surface area contributed by atoms with E-state index in [4.69, 9.17) is 9.84 Å². The van der Waals surface area contributed by atoms with Gasteiger partial charge in [-0.25, -0.2) is 9.59 Å². The summed E-state index contributed by atoms with van der Waals surface area (Å²) in [7, 11) is 0. The van der Waals surface area contributed by atoms with Crippen molar-refractivity contribution in [3.8, 4) is 11.1 Å². The van der Waals surface area contributed by atoms with Gasteiger partial charge < -0.3 is 20.1 Å². The van der Waals surface area contributed by atoms with E-state index in [0.29, 0.717) is 30.9 Å². The van der Waals surface area contributed by atoms with Crippen molar-refractivity contribution >= 4 is 18.0 Å². The van der Waals surface area contributed by atoms with Crippen molar-refractivity contribution in [2.45, 2.75) is 45.1 Å². The van der Waals surface area contributed by atoms with Gasteiger partial charge >= 0.3 is 12.1 Å². The first-order valence-corrected chi connectivity index (χ1v) is 12.2. The number of carboxylic acids is 1. The molecule has 35 heavy (non-hydrogen) atoms. The van der Waals surface area contributed by atoms with Crippen molar-refractivity contribution in [2.24, 2.45) is 5.92 Å². The maximum atomic E-state index is 13.2. The number of hydrogen-bond donors (Lipinski definition) is 2. The number of alkyl carbamates (subject to hydrolysis) is 1. The molecular formula is C28H32N2O5. The number of carbonyl (C=O) groups is 3. The Morgan fingerprint density at radius 3 is 2.20 bits per heavy atom. The number of hydrogen-bond acceptors (Lipinski definition) is 4. The molecule has 0 bridgehead atoms. The van der Waals surface area contributed by atoms with E-state index in [1.165, 1.54) is 0 Å². The fourth-order valence-electron chi connectivity index (χ4n) is 4.82. The van der Waals surface area contributed by atoms with Crippen molar-refractivity contribution in [3.05, 3.63) is 71.3 Å². The highest BCUT2D eigenvalue weighted by atomic mass is 16.5. The molecule has 2 aliphatic rings. The Hall–Kier alpha value is -3.61. The molecule has 1 unspecified atom stereocenters. The second kappa shape index (κ2) is 10.8. The summed E-state index contributed by atoms with van der Waals surface area (Å²) in [4.78, 5) is 38.8. The van der Waals surface area contributed by atoms with Gasteiger partial charge in [-0.3, -0.25) is 4.79 Å². The molecule has 2 aromatic carbocycles. The van der Waals surface area contributed by atoms with Crippen LogP contribution in [0.4, 0.5) is 4.79 Å². The molecule has 0 aromatic heterocycles. The van der Waals surface area contributed by atoms with E-state index < -0.39 is 18.1 Å². The molecule has 1 heterocycles. The van der Waals surface area contributed by atoms with Crippen LogP contribution in [0.5, 0.6) is 0 Å². The smallest absolute Gasteiger partial charge is 0.407 e. The van der Waals surface area contributed by atoms with Crippen LogP contribution in [0.25, 0.3) is 11.1 Å². The van der Waals surface area contributed by atoms with Gasteiger partial charge in [0.2, 0.25) is 5.91 Å². The molecule has 1 aliphatic carbocycles. The summed E-state index contributed by atoms with van der Waals surface area (Å²) in [6.07, 6.45) is 2.50. The number of nitrogens with zero attached hydrogens (tertiary/aromatic N) is 1. The monoisotopic (exact) mass is 476 g/mol. The highest BCUT2D eigenvalue weighted by molar-refractivity contribution is 5.89. The van der Waals surface area contributed by atoms with Gasteiger partial charge in [0.05, 0.1) is 0 Å². The molecule has 1 aliphatic heterocycles. The van der Waals surface area contributed by atoms with Gasteiger partial charge in [-0.2, -0.15) is 0 Å². The average molecular weight is 477 g/mol. The number of carboxylic acid groups (broad SMARTS) is 1. The zero-order valence-corrected chi connectivity index (χ0v) is 20.2. The number of ether oxygens (including phenoxy) is 1. The predicted molar refractivity (Wildman–Crippen MR) is 133 cm³/mol. The summed E-state index contributed by atoms with van der Waals surface area (Å²) >= 11 is 0. The number of amides is 2. The van der Waals surface area contributed by atoms with E-state index in [2.05, 4.69) is 43.4 Å². The van der Waals surface area contributed by atoms with E-state index in [1.807, 2.05) is 24.3 Å². The summed E-state index contributed by atoms with van der Waals surface area (Å²) in [5, 5.41) is 11.9. The quantitative estimate of drug-likeness (QED) is 0.582. The maximum absolute atomic E-state index is 13.2. The molecule has 0 saturated heterocycles. The van der Waals surface area contributed by atoms with Crippen molar-refractivity contribution in [3.63, 3.8) is 0 Å². The zero-order chi connectivity index (χ0) is 24.9. The first-order chi connectivity index (χ1) is 16.8. The minimum atomic E-state index is -0.954. The van der Waals surface area contributed by atoms with Crippen LogP contribution in [-0.2, 0) is 14.3 Å². The third kappa shape index (κ3) is 5.56. The molecule has 1 atom stereocenters. The molecule has 0 spiro atoms. The van der Waals surface area contributed by atoms with E-state index in [9.17, 15) is 14.4 Å². The Morgan fingerprint density at radius 2 is 1.66 bits per heavy atom. The highest BCUT2D eigenvalue weighted by Gasteiger charge is 2.31. The molecule has 184 valence electrons. The molecule has 7 nitrogen and oxygen atoms in total. The Labute approximate surface area is 205 Å². The second-order valence-electron chi connectivity index (χ2n) is 9.56. The van der Waals surface area contributed by atoms with E-state index in [1.54, 1.807) is 11.0 Å². The van der Waals surface area contributed by atoms with Crippen molar-refractivity contribution in [1.82, 2.24) is 10.2 Å².